The summed E-state index contributed by atoms with van der Waals surface area (Å²) in [5.41, 5.74) is 6.69. The van der Waals surface area contributed by atoms with Crippen LogP contribution in [0.5, 0.6) is 0 Å². The van der Waals surface area contributed by atoms with E-state index in [2.05, 4.69) is 0 Å². The molecule has 1 amide bonds. The molecule has 1 aliphatic heterocycles. The van der Waals surface area contributed by atoms with Gasteiger partial charge in [-0.2, -0.15) is 0 Å². The van der Waals surface area contributed by atoms with Gasteiger partial charge in [0.2, 0.25) is 0 Å². The number of nitrogens with two attached hydrogens (primary N) is 1. The summed E-state index contributed by atoms with van der Waals surface area (Å²) in [6, 6.07) is 4.96. The van der Waals surface area contributed by atoms with Crippen molar-refractivity contribution in [3.8, 4) is 0 Å². The molecule has 0 spiro atoms. The summed E-state index contributed by atoms with van der Waals surface area (Å²) in [4.78, 5) is 14.0. The standard InChI is InChI=1S/C12H15ClN2O2/c1-8-7-15(4-5-17-8)12(16)9-2-3-10(13)11(14)6-9/h2-3,6,8H,4-5,7,14H2,1H3/t8-/m0/s1. The van der Waals surface area contributed by atoms with E-state index in [1.54, 1.807) is 23.1 Å². The Labute approximate surface area is 105 Å². The van der Waals surface area contributed by atoms with Crippen LogP contribution in [0.25, 0.3) is 0 Å². The first-order chi connectivity index (χ1) is 8.08. The van der Waals surface area contributed by atoms with Crippen LogP contribution in [0.2, 0.25) is 5.02 Å². The zero-order valence-corrected chi connectivity index (χ0v) is 10.4. The van der Waals surface area contributed by atoms with Crippen molar-refractivity contribution in [2.45, 2.75) is 13.0 Å². The molecule has 1 atom stereocenters. The Bertz CT molecular complexity index is 437. The highest BCUT2D eigenvalue weighted by Crippen LogP contribution is 2.21. The van der Waals surface area contributed by atoms with Crippen LogP contribution < -0.4 is 5.73 Å². The van der Waals surface area contributed by atoms with Crippen LogP contribution in [0, 0.1) is 0 Å². The summed E-state index contributed by atoms with van der Waals surface area (Å²) in [6.45, 7) is 3.76. The molecule has 0 radical (unpaired) electrons. The fourth-order valence-corrected chi connectivity index (χ4v) is 1.98. The molecule has 1 aromatic rings. The average Bonchev–Trinajstić information content (AvgIpc) is 2.32. The van der Waals surface area contributed by atoms with E-state index in [9.17, 15) is 4.79 Å². The number of ether oxygens (including phenoxy) is 1. The van der Waals surface area contributed by atoms with Crippen molar-refractivity contribution in [3.05, 3.63) is 28.8 Å². The lowest BCUT2D eigenvalue weighted by Crippen LogP contribution is -2.44. The highest BCUT2D eigenvalue weighted by Gasteiger charge is 2.22. The fourth-order valence-electron chi connectivity index (χ4n) is 1.86. The van der Waals surface area contributed by atoms with Crippen LogP contribution in [0.1, 0.15) is 17.3 Å². The number of carbonyl (C=O) groups excluding carboxylic acids is 1. The maximum Gasteiger partial charge on any atom is 0.254 e. The molecule has 4 nitrogen and oxygen atoms in total. The molecule has 2 N–H and O–H groups in total. The Morgan fingerprint density at radius 3 is 3.00 bits per heavy atom. The first kappa shape index (κ1) is 12.2. The summed E-state index contributed by atoms with van der Waals surface area (Å²) in [5, 5.41) is 0.469. The van der Waals surface area contributed by atoms with Gasteiger partial charge in [0.15, 0.2) is 0 Å². The molecule has 92 valence electrons. The molecule has 0 aromatic heterocycles. The van der Waals surface area contributed by atoms with Crippen molar-refractivity contribution in [3.63, 3.8) is 0 Å². The van der Waals surface area contributed by atoms with Gasteiger partial charge in [0, 0.05) is 18.7 Å². The maximum atomic E-state index is 12.2. The molecule has 0 unspecified atom stereocenters. The first-order valence-corrected chi connectivity index (χ1v) is 5.91. The molecule has 1 fully saturated rings. The minimum Gasteiger partial charge on any atom is -0.398 e. The number of hydrogen-bond donors (Lipinski definition) is 1. The lowest BCUT2D eigenvalue weighted by atomic mass is 10.1. The van der Waals surface area contributed by atoms with Crippen LogP contribution >= 0.6 is 11.6 Å². The second-order valence-electron chi connectivity index (χ2n) is 4.17. The minimum atomic E-state index is -0.0245. The Morgan fingerprint density at radius 2 is 2.35 bits per heavy atom. The maximum absolute atomic E-state index is 12.2. The fraction of sp³-hybridized carbons (Fsp3) is 0.417. The van der Waals surface area contributed by atoms with Gasteiger partial charge < -0.3 is 15.4 Å². The first-order valence-electron chi connectivity index (χ1n) is 5.54. The monoisotopic (exact) mass is 254 g/mol. The molecule has 1 aliphatic rings. The SMILES string of the molecule is C[C@H]1CN(C(=O)c2ccc(Cl)c(N)c2)CCO1. The number of carbonyl (C=O) groups is 1. The summed E-state index contributed by atoms with van der Waals surface area (Å²) < 4.78 is 5.40. The summed E-state index contributed by atoms with van der Waals surface area (Å²) >= 11 is 5.82. The molecule has 1 saturated heterocycles. The second-order valence-corrected chi connectivity index (χ2v) is 4.58. The largest absolute Gasteiger partial charge is 0.398 e. The van der Waals surface area contributed by atoms with Crippen LogP contribution in [-0.2, 0) is 4.74 Å². The van der Waals surface area contributed by atoms with Gasteiger partial charge in [0.1, 0.15) is 0 Å². The minimum absolute atomic E-state index is 0.0245. The van der Waals surface area contributed by atoms with Gasteiger partial charge in [-0.15, -0.1) is 0 Å². The smallest absolute Gasteiger partial charge is 0.254 e. The third-order valence-corrected chi connectivity index (χ3v) is 3.12. The van der Waals surface area contributed by atoms with Crippen molar-refractivity contribution in [1.82, 2.24) is 4.90 Å². The van der Waals surface area contributed by atoms with Gasteiger partial charge in [-0.25, -0.2) is 0 Å². The molecule has 0 aliphatic carbocycles. The Kier molecular flexibility index (Phi) is 3.54. The van der Waals surface area contributed by atoms with Gasteiger partial charge >= 0.3 is 0 Å². The van der Waals surface area contributed by atoms with E-state index in [0.717, 1.165) is 0 Å². The molecule has 0 bridgehead atoms. The molecule has 2 rings (SSSR count). The number of nitrogens with zero attached hydrogens (tertiary/aromatic N) is 1. The van der Waals surface area contributed by atoms with E-state index in [1.165, 1.54) is 0 Å². The topological polar surface area (TPSA) is 55.6 Å². The molecule has 1 aromatic carbocycles. The quantitative estimate of drug-likeness (QED) is 0.778. The molecule has 5 heteroatoms. The van der Waals surface area contributed by atoms with Crippen molar-refractivity contribution in [1.29, 1.82) is 0 Å². The average molecular weight is 255 g/mol. The third-order valence-electron chi connectivity index (χ3n) is 2.77. The van der Waals surface area contributed by atoms with Gasteiger partial charge in [-0.05, 0) is 25.1 Å². The van der Waals surface area contributed by atoms with E-state index in [1.807, 2.05) is 6.92 Å². The number of anilines is 1. The van der Waals surface area contributed by atoms with E-state index in [0.29, 0.717) is 36.0 Å². The van der Waals surface area contributed by atoms with Crippen LogP contribution in [0.3, 0.4) is 0 Å². The number of nitrogen functional groups attached to an aromatic ring is 1. The van der Waals surface area contributed by atoms with Crippen molar-refractivity contribution >= 4 is 23.2 Å². The molecule has 0 saturated carbocycles. The number of hydrogen-bond acceptors (Lipinski definition) is 3. The van der Waals surface area contributed by atoms with Gasteiger partial charge in [-0.1, -0.05) is 11.6 Å². The third kappa shape index (κ3) is 2.70. The molecule has 17 heavy (non-hydrogen) atoms. The normalized spacial score (nSPS) is 20.4. The molecular weight excluding hydrogens is 240 g/mol. The van der Waals surface area contributed by atoms with Crippen LogP contribution in [0.15, 0.2) is 18.2 Å². The van der Waals surface area contributed by atoms with Crippen molar-refractivity contribution in [2.24, 2.45) is 0 Å². The second kappa shape index (κ2) is 4.94. The predicted octanol–water partition coefficient (Wildman–Crippen LogP) is 1.78. The summed E-state index contributed by atoms with van der Waals surface area (Å²) in [7, 11) is 0. The number of rotatable bonds is 1. The predicted molar refractivity (Wildman–Crippen MR) is 67.2 cm³/mol. The van der Waals surface area contributed by atoms with E-state index in [4.69, 9.17) is 22.1 Å². The van der Waals surface area contributed by atoms with E-state index in [-0.39, 0.29) is 12.0 Å². The lowest BCUT2D eigenvalue weighted by molar-refractivity contribution is -0.0124. The Balaban J connectivity index is 2.15. The van der Waals surface area contributed by atoms with Gasteiger partial charge in [-0.3, -0.25) is 4.79 Å². The summed E-state index contributed by atoms with van der Waals surface area (Å²) in [5.74, 6) is -0.0245. The molecular formula is C12H15ClN2O2. The number of amides is 1. The Hall–Kier alpha value is -1.26. The van der Waals surface area contributed by atoms with Gasteiger partial charge in [0.25, 0.3) is 5.91 Å². The van der Waals surface area contributed by atoms with E-state index < -0.39 is 0 Å². The number of halogens is 1. The Morgan fingerprint density at radius 1 is 1.59 bits per heavy atom. The molecule has 1 heterocycles. The van der Waals surface area contributed by atoms with Crippen molar-refractivity contribution < 1.29 is 9.53 Å². The zero-order valence-electron chi connectivity index (χ0n) is 9.65. The highest BCUT2D eigenvalue weighted by atomic mass is 35.5. The number of morpholine rings is 1. The van der Waals surface area contributed by atoms with E-state index >= 15 is 0 Å². The lowest BCUT2D eigenvalue weighted by Gasteiger charge is -2.31. The van der Waals surface area contributed by atoms with Crippen LogP contribution in [-0.4, -0.2) is 36.6 Å². The highest BCUT2D eigenvalue weighted by molar-refractivity contribution is 6.33. The zero-order chi connectivity index (χ0) is 12.4. The number of benzene rings is 1. The van der Waals surface area contributed by atoms with Crippen molar-refractivity contribution in [2.75, 3.05) is 25.4 Å². The summed E-state index contributed by atoms with van der Waals surface area (Å²) in [6.07, 6.45) is 0.0809. The van der Waals surface area contributed by atoms with Gasteiger partial charge in [0.05, 0.1) is 23.4 Å². The van der Waals surface area contributed by atoms with Crippen LogP contribution in [0.4, 0.5) is 5.69 Å².